The van der Waals surface area contributed by atoms with E-state index in [1.807, 2.05) is 18.2 Å². The van der Waals surface area contributed by atoms with Gasteiger partial charge in [0.05, 0.1) is 12.8 Å². The number of methoxy groups -OCH3 is 1. The smallest absolute Gasteiger partial charge is 0.223 e. The number of ether oxygens (including phenoxy) is 1. The van der Waals surface area contributed by atoms with Crippen molar-refractivity contribution in [3.05, 3.63) is 28.7 Å². The number of nitrogens with zero attached hydrogens (tertiary/aromatic N) is 2. The molecule has 0 atom stereocenters. The topological polar surface area (TPSA) is 111 Å². The zero-order chi connectivity index (χ0) is 13.8. The number of rotatable bonds is 4. The van der Waals surface area contributed by atoms with Crippen LogP contribution in [0.1, 0.15) is 0 Å². The van der Waals surface area contributed by atoms with Crippen molar-refractivity contribution in [2.75, 3.05) is 23.6 Å². The molecule has 1 heterocycles. The Morgan fingerprint density at radius 3 is 2.63 bits per heavy atom. The van der Waals surface area contributed by atoms with E-state index >= 15 is 0 Å². The van der Waals surface area contributed by atoms with Crippen LogP contribution in [-0.2, 0) is 0 Å². The maximum Gasteiger partial charge on any atom is 0.223 e. The summed E-state index contributed by atoms with van der Waals surface area (Å²) in [4.78, 5) is 7.98. The van der Waals surface area contributed by atoms with Crippen LogP contribution in [-0.4, -0.2) is 17.1 Å². The monoisotopic (exact) mass is 324 g/mol. The molecule has 100 valence electrons. The number of halogens is 1. The molecule has 0 saturated carbocycles. The van der Waals surface area contributed by atoms with Crippen LogP contribution in [0.2, 0.25) is 0 Å². The van der Waals surface area contributed by atoms with Crippen LogP contribution in [0.4, 0.5) is 23.3 Å². The number of nitrogens with one attached hydrogen (secondary N) is 2. The second kappa shape index (κ2) is 5.72. The molecule has 0 aliphatic carbocycles. The minimum Gasteiger partial charge on any atom is -0.495 e. The van der Waals surface area contributed by atoms with Crippen molar-refractivity contribution in [2.24, 2.45) is 5.84 Å². The van der Waals surface area contributed by atoms with E-state index in [9.17, 15) is 0 Å². The normalized spacial score (nSPS) is 10.1. The molecule has 1 aromatic carbocycles. The molecule has 19 heavy (non-hydrogen) atoms. The summed E-state index contributed by atoms with van der Waals surface area (Å²) in [5.74, 6) is 7.04. The van der Waals surface area contributed by atoms with Gasteiger partial charge < -0.3 is 21.2 Å². The first kappa shape index (κ1) is 13.4. The lowest BCUT2D eigenvalue weighted by Crippen LogP contribution is -2.11. The molecular formula is C11H13BrN6O. The van der Waals surface area contributed by atoms with Crippen molar-refractivity contribution in [1.82, 2.24) is 9.97 Å². The summed E-state index contributed by atoms with van der Waals surface area (Å²) in [6.07, 6.45) is 0. The van der Waals surface area contributed by atoms with Crippen LogP contribution in [0.5, 0.6) is 5.75 Å². The lowest BCUT2D eigenvalue weighted by Gasteiger charge is -2.12. The van der Waals surface area contributed by atoms with E-state index in [0.717, 1.165) is 10.2 Å². The number of nitrogen functional groups attached to an aromatic ring is 2. The van der Waals surface area contributed by atoms with Crippen LogP contribution in [0.15, 0.2) is 28.7 Å². The van der Waals surface area contributed by atoms with Crippen LogP contribution < -0.4 is 27.1 Å². The van der Waals surface area contributed by atoms with Crippen LogP contribution in [0.3, 0.4) is 0 Å². The van der Waals surface area contributed by atoms with Crippen molar-refractivity contribution in [1.29, 1.82) is 0 Å². The lowest BCUT2D eigenvalue weighted by molar-refractivity contribution is 0.416. The SMILES string of the molecule is COc1ccc(Br)cc1Nc1cc(NN)nc(N)n1. The van der Waals surface area contributed by atoms with Gasteiger partial charge in [0.2, 0.25) is 5.95 Å². The summed E-state index contributed by atoms with van der Waals surface area (Å²) < 4.78 is 6.17. The van der Waals surface area contributed by atoms with Gasteiger partial charge in [-0.15, -0.1) is 0 Å². The molecular weight excluding hydrogens is 312 g/mol. The Labute approximate surface area is 118 Å². The second-order valence-electron chi connectivity index (χ2n) is 3.61. The average molecular weight is 325 g/mol. The highest BCUT2D eigenvalue weighted by atomic mass is 79.9. The third kappa shape index (κ3) is 3.24. The van der Waals surface area contributed by atoms with E-state index in [0.29, 0.717) is 17.4 Å². The third-order valence-corrected chi connectivity index (χ3v) is 2.81. The molecule has 1 aromatic heterocycles. The Bertz CT molecular complexity index is 591. The van der Waals surface area contributed by atoms with Crippen molar-refractivity contribution < 1.29 is 4.74 Å². The Hall–Kier alpha value is -2.06. The van der Waals surface area contributed by atoms with Crippen molar-refractivity contribution >= 4 is 39.2 Å². The van der Waals surface area contributed by atoms with Gasteiger partial charge in [-0.1, -0.05) is 15.9 Å². The van der Waals surface area contributed by atoms with E-state index < -0.39 is 0 Å². The van der Waals surface area contributed by atoms with E-state index in [1.54, 1.807) is 13.2 Å². The Morgan fingerprint density at radius 2 is 1.95 bits per heavy atom. The highest BCUT2D eigenvalue weighted by Crippen LogP contribution is 2.30. The second-order valence-corrected chi connectivity index (χ2v) is 4.53. The number of anilines is 4. The van der Waals surface area contributed by atoms with Gasteiger partial charge in [0, 0.05) is 10.5 Å². The predicted molar refractivity (Wildman–Crippen MR) is 78.2 cm³/mol. The first-order valence-corrected chi connectivity index (χ1v) is 6.13. The Balaban J connectivity index is 2.35. The van der Waals surface area contributed by atoms with Crippen LogP contribution in [0, 0.1) is 0 Å². The van der Waals surface area contributed by atoms with Gasteiger partial charge in [-0.05, 0) is 18.2 Å². The molecule has 0 unspecified atom stereocenters. The highest BCUT2D eigenvalue weighted by molar-refractivity contribution is 9.10. The van der Waals surface area contributed by atoms with Gasteiger partial charge in [-0.2, -0.15) is 9.97 Å². The van der Waals surface area contributed by atoms with Gasteiger partial charge in [-0.3, -0.25) is 0 Å². The van der Waals surface area contributed by atoms with Crippen molar-refractivity contribution in [3.63, 3.8) is 0 Å². The van der Waals surface area contributed by atoms with E-state index in [1.165, 1.54) is 0 Å². The third-order valence-electron chi connectivity index (χ3n) is 2.32. The molecule has 0 radical (unpaired) electrons. The summed E-state index contributed by atoms with van der Waals surface area (Å²) in [5, 5.41) is 3.10. The quantitative estimate of drug-likeness (QED) is 0.501. The molecule has 0 fully saturated rings. The zero-order valence-electron chi connectivity index (χ0n) is 10.1. The van der Waals surface area contributed by atoms with Crippen molar-refractivity contribution in [3.8, 4) is 5.75 Å². The average Bonchev–Trinajstić information content (AvgIpc) is 2.38. The number of hydrazine groups is 1. The standard InChI is InChI=1S/C11H13BrN6O/c1-19-8-3-2-6(12)4-7(8)15-9-5-10(18-14)17-11(13)16-9/h2-5H,14H2,1H3,(H4,13,15,16,17,18). The molecule has 0 amide bonds. The first-order chi connectivity index (χ1) is 9.12. The number of nitrogens with two attached hydrogens (primary N) is 2. The highest BCUT2D eigenvalue weighted by Gasteiger charge is 2.07. The van der Waals surface area contributed by atoms with E-state index in [4.69, 9.17) is 16.3 Å². The fraction of sp³-hybridized carbons (Fsp3) is 0.0909. The minimum atomic E-state index is 0.118. The first-order valence-electron chi connectivity index (χ1n) is 5.34. The molecule has 8 heteroatoms. The fourth-order valence-corrected chi connectivity index (χ4v) is 1.88. The molecule has 2 rings (SSSR count). The maximum absolute atomic E-state index is 5.59. The summed E-state index contributed by atoms with van der Waals surface area (Å²) in [6, 6.07) is 7.22. The van der Waals surface area contributed by atoms with Gasteiger partial charge in [0.15, 0.2) is 0 Å². The number of hydrogen-bond acceptors (Lipinski definition) is 7. The Kier molecular flexibility index (Phi) is 4.03. The van der Waals surface area contributed by atoms with Crippen LogP contribution >= 0.6 is 15.9 Å². The van der Waals surface area contributed by atoms with Gasteiger partial charge >= 0.3 is 0 Å². The minimum absolute atomic E-state index is 0.118. The van der Waals surface area contributed by atoms with Gasteiger partial charge in [0.1, 0.15) is 17.4 Å². The summed E-state index contributed by atoms with van der Waals surface area (Å²) in [7, 11) is 1.59. The predicted octanol–water partition coefficient (Wildman–Crippen LogP) is 1.86. The summed E-state index contributed by atoms with van der Waals surface area (Å²) in [5.41, 5.74) is 8.76. The molecule has 0 aliphatic heterocycles. The van der Waals surface area contributed by atoms with Crippen molar-refractivity contribution in [2.45, 2.75) is 0 Å². The number of benzene rings is 1. The molecule has 0 spiro atoms. The largest absolute Gasteiger partial charge is 0.495 e. The number of aromatic nitrogens is 2. The van der Waals surface area contributed by atoms with Crippen LogP contribution in [0.25, 0.3) is 0 Å². The van der Waals surface area contributed by atoms with E-state index in [-0.39, 0.29) is 5.95 Å². The van der Waals surface area contributed by atoms with Gasteiger partial charge in [-0.25, -0.2) is 5.84 Å². The molecule has 0 bridgehead atoms. The zero-order valence-corrected chi connectivity index (χ0v) is 11.7. The number of hydrogen-bond donors (Lipinski definition) is 4. The Morgan fingerprint density at radius 1 is 1.21 bits per heavy atom. The molecule has 6 N–H and O–H groups in total. The molecule has 0 saturated heterocycles. The molecule has 2 aromatic rings. The maximum atomic E-state index is 5.59. The van der Waals surface area contributed by atoms with Gasteiger partial charge in [0.25, 0.3) is 0 Å². The van der Waals surface area contributed by atoms with E-state index in [2.05, 4.69) is 36.6 Å². The molecule has 0 aliphatic rings. The summed E-state index contributed by atoms with van der Waals surface area (Å²) >= 11 is 3.40. The molecule has 7 nitrogen and oxygen atoms in total. The summed E-state index contributed by atoms with van der Waals surface area (Å²) in [6.45, 7) is 0. The lowest BCUT2D eigenvalue weighted by atomic mass is 10.3. The fourth-order valence-electron chi connectivity index (χ4n) is 1.52.